The highest BCUT2D eigenvalue weighted by Crippen LogP contribution is 2.04. The third-order valence-electron chi connectivity index (χ3n) is 3.42. The van der Waals surface area contributed by atoms with Gasteiger partial charge in [0.1, 0.15) is 5.82 Å². The van der Waals surface area contributed by atoms with Crippen molar-refractivity contribution in [3.05, 3.63) is 65.7 Å². The lowest BCUT2D eigenvalue weighted by Crippen LogP contribution is -2.40. The fourth-order valence-electron chi connectivity index (χ4n) is 2.15. The van der Waals surface area contributed by atoms with E-state index in [2.05, 4.69) is 10.3 Å². The Labute approximate surface area is 130 Å². The number of likely N-dealkylation sites (N-methyl/N-ethyl adjacent to an activating group) is 1. The molecular formula is C17H20FN3O. The topological polar surface area (TPSA) is 45.2 Å². The summed E-state index contributed by atoms with van der Waals surface area (Å²) in [6.45, 7) is 3.52. The zero-order chi connectivity index (χ0) is 15.8. The molecule has 0 fully saturated rings. The molecule has 116 valence electrons. The third-order valence-corrected chi connectivity index (χ3v) is 3.42. The van der Waals surface area contributed by atoms with Gasteiger partial charge in [-0.25, -0.2) is 9.18 Å². The Hall–Kier alpha value is -2.43. The fraction of sp³-hybridized carbons (Fsp3) is 0.294. The number of hydrogen-bond donors (Lipinski definition) is 1. The highest BCUT2D eigenvalue weighted by Gasteiger charge is 2.11. The van der Waals surface area contributed by atoms with Gasteiger partial charge in [-0.1, -0.05) is 12.1 Å². The normalized spacial score (nSPS) is 10.3. The molecule has 0 atom stereocenters. The van der Waals surface area contributed by atoms with Crippen molar-refractivity contribution in [3.8, 4) is 0 Å². The largest absolute Gasteiger partial charge is 0.334 e. The lowest BCUT2D eigenvalue weighted by molar-refractivity contribution is 0.200. The highest BCUT2D eigenvalue weighted by molar-refractivity contribution is 5.74. The second kappa shape index (κ2) is 8.12. The first-order valence-electron chi connectivity index (χ1n) is 7.35. The molecular weight excluding hydrogens is 281 g/mol. The van der Waals surface area contributed by atoms with Crippen molar-refractivity contribution in [2.45, 2.75) is 19.9 Å². The first kappa shape index (κ1) is 15.9. The van der Waals surface area contributed by atoms with Crippen LogP contribution >= 0.6 is 0 Å². The van der Waals surface area contributed by atoms with Crippen LogP contribution in [0.2, 0.25) is 0 Å². The van der Waals surface area contributed by atoms with Crippen LogP contribution in [0.25, 0.3) is 0 Å². The Bertz CT molecular complexity index is 604. The zero-order valence-electron chi connectivity index (χ0n) is 12.6. The van der Waals surface area contributed by atoms with E-state index in [1.807, 2.05) is 19.1 Å². The van der Waals surface area contributed by atoms with Crippen LogP contribution in [0.5, 0.6) is 0 Å². The van der Waals surface area contributed by atoms with Gasteiger partial charge in [-0.2, -0.15) is 0 Å². The van der Waals surface area contributed by atoms with Crippen molar-refractivity contribution < 1.29 is 9.18 Å². The summed E-state index contributed by atoms with van der Waals surface area (Å²) in [5, 5.41) is 2.82. The zero-order valence-corrected chi connectivity index (χ0v) is 12.6. The molecule has 5 heteroatoms. The lowest BCUT2D eigenvalue weighted by atomic mass is 10.2. The quantitative estimate of drug-likeness (QED) is 0.891. The second-order valence-corrected chi connectivity index (χ2v) is 4.97. The third kappa shape index (κ3) is 4.84. The van der Waals surface area contributed by atoms with Crippen molar-refractivity contribution in [2.24, 2.45) is 0 Å². The number of nitrogens with zero attached hydrogens (tertiary/aromatic N) is 2. The Kier molecular flexibility index (Phi) is 5.89. The van der Waals surface area contributed by atoms with Crippen LogP contribution in [0.4, 0.5) is 9.18 Å². The van der Waals surface area contributed by atoms with E-state index < -0.39 is 0 Å². The Balaban J connectivity index is 1.83. The molecule has 1 aromatic heterocycles. The number of rotatable bonds is 6. The van der Waals surface area contributed by atoms with Gasteiger partial charge in [0, 0.05) is 32.0 Å². The highest BCUT2D eigenvalue weighted by atomic mass is 19.1. The van der Waals surface area contributed by atoms with Crippen LogP contribution in [0.3, 0.4) is 0 Å². The molecule has 22 heavy (non-hydrogen) atoms. The van der Waals surface area contributed by atoms with E-state index in [4.69, 9.17) is 0 Å². The van der Waals surface area contributed by atoms with Gasteiger partial charge in [0.15, 0.2) is 0 Å². The molecule has 1 heterocycles. The van der Waals surface area contributed by atoms with Crippen molar-refractivity contribution in [3.63, 3.8) is 0 Å². The molecule has 4 nitrogen and oxygen atoms in total. The summed E-state index contributed by atoms with van der Waals surface area (Å²) >= 11 is 0. The molecule has 2 rings (SSSR count). The molecule has 1 aromatic carbocycles. The second-order valence-electron chi connectivity index (χ2n) is 4.97. The minimum absolute atomic E-state index is 0.138. The molecule has 0 aliphatic carbocycles. The molecule has 2 amide bonds. The standard InChI is InChI=1S/C17H20FN3O/c1-2-21(11-8-14-6-9-19-10-7-14)17(22)20-13-15-4-3-5-16(18)12-15/h3-7,9-10,12H,2,8,11,13H2,1H3,(H,20,22). The van der Waals surface area contributed by atoms with Gasteiger partial charge in [0.05, 0.1) is 0 Å². The number of halogens is 1. The van der Waals surface area contributed by atoms with Crippen LogP contribution in [0.1, 0.15) is 18.1 Å². The first-order valence-corrected chi connectivity index (χ1v) is 7.35. The van der Waals surface area contributed by atoms with Gasteiger partial charge in [-0.3, -0.25) is 4.98 Å². The molecule has 0 bridgehead atoms. The molecule has 0 aliphatic heterocycles. The molecule has 1 N–H and O–H groups in total. The predicted molar refractivity (Wildman–Crippen MR) is 83.8 cm³/mol. The number of nitrogens with one attached hydrogen (secondary N) is 1. The van der Waals surface area contributed by atoms with E-state index >= 15 is 0 Å². The summed E-state index contributed by atoms with van der Waals surface area (Å²) in [5.74, 6) is -0.295. The summed E-state index contributed by atoms with van der Waals surface area (Å²) in [6, 6.07) is 9.98. The number of carbonyl (C=O) groups is 1. The number of amides is 2. The van der Waals surface area contributed by atoms with Crippen molar-refractivity contribution in [2.75, 3.05) is 13.1 Å². The van der Waals surface area contributed by atoms with E-state index in [0.717, 1.165) is 17.5 Å². The number of benzene rings is 1. The molecule has 0 unspecified atom stereocenters. The van der Waals surface area contributed by atoms with E-state index in [0.29, 0.717) is 19.6 Å². The summed E-state index contributed by atoms with van der Waals surface area (Å²) < 4.78 is 13.1. The van der Waals surface area contributed by atoms with Crippen LogP contribution in [-0.2, 0) is 13.0 Å². The van der Waals surface area contributed by atoms with Crippen LogP contribution in [0, 0.1) is 5.82 Å². The van der Waals surface area contributed by atoms with Gasteiger partial charge in [-0.05, 0) is 48.7 Å². The fourth-order valence-corrected chi connectivity index (χ4v) is 2.15. The average molecular weight is 301 g/mol. The average Bonchev–Trinajstić information content (AvgIpc) is 2.54. The number of aromatic nitrogens is 1. The van der Waals surface area contributed by atoms with Crippen LogP contribution in [0.15, 0.2) is 48.8 Å². The van der Waals surface area contributed by atoms with Gasteiger partial charge < -0.3 is 10.2 Å². The maximum absolute atomic E-state index is 13.1. The molecule has 0 radical (unpaired) electrons. The number of pyridine rings is 1. The van der Waals surface area contributed by atoms with Gasteiger partial charge in [0.25, 0.3) is 0 Å². The number of carbonyl (C=O) groups excluding carboxylic acids is 1. The molecule has 2 aromatic rings. The van der Waals surface area contributed by atoms with E-state index in [1.54, 1.807) is 29.4 Å². The maximum Gasteiger partial charge on any atom is 0.317 e. The van der Waals surface area contributed by atoms with Crippen molar-refractivity contribution >= 4 is 6.03 Å². The lowest BCUT2D eigenvalue weighted by Gasteiger charge is -2.21. The van der Waals surface area contributed by atoms with Gasteiger partial charge in [-0.15, -0.1) is 0 Å². The molecule has 0 saturated heterocycles. The maximum atomic E-state index is 13.1. The smallest absolute Gasteiger partial charge is 0.317 e. The van der Waals surface area contributed by atoms with Crippen LogP contribution in [-0.4, -0.2) is 29.0 Å². The Morgan fingerprint density at radius 2 is 2.00 bits per heavy atom. The minimum Gasteiger partial charge on any atom is -0.334 e. The van der Waals surface area contributed by atoms with Crippen LogP contribution < -0.4 is 5.32 Å². The predicted octanol–water partition coefficient (Wildman–Crippen LogP) is 2.99. The molecule has 0 saturated carbocycles. The summed E-state index contributed by atoms with van der Waals surface area (Å²) in [7, 11) is 0. The summed E-state index contributed by atoms with van der Waals surface area (Å²) in [6.07, 6.45) is 4.27. The Morgan fingerprint density at radius 1 is 1.23 bits per heavy atom. The monoisotopic (exact) mass is 301 g/mol. The van der Waals surface area contributed by atoms with Gasteiger partial charge >= 0.3 is 6.03 Å². The van der Waals surface area contributed by atoms with E-state index in [-0.39, 0.29) is 11.8 Å². The number of hydrogen-bond acceptors (Lipinski definition) is 2. The van der Waals surface area contributed by atoms with E-state index in [9.17, 15) is 9.18 Å². The Morgan fingerprint density at radius 3 is 2.68 bits per heavy atom. The molecule has 0 spiro atoms. The number of urea groups is 1. The summed E-state index contributed by atoms with van der Waals surface area (Å²) in [4.78, 5) is 17.9. The molecule has 0 aliphatic rings. The van der Waals surface area contributed by atoms with Crippen molar-refractivity contribution in [1.29, 1.82) is 0 Å². The minimum atomic E-state index is -0.295. The SMILES string of the molecule is CCN(CCc1ccncc1)C(=O)NCc1cccc(F)c1. The van der Waals surface area contributed by atoms with Gasteiger partial charge in [0.2, 0.25) is 0 Å². The summed E-state index contributed by atoms with van der Waals surface area (Å²) in [5.41, 5.74) is 1.89. The van der Waals surface area contributed by atoms with E-state index in [1.165, 1.54) is 12.1 Å². The first-order chi connectivity index (χ1) is 10.7. The van der Waals surface area contributed by atoms with Crippen molar-refractivity contribution in [1.82, 2.24) is 15.2 Å².